The van der Waals surface area contributed by atoms with Crippen molar-refractivity contribution in [1.82, 2.24) is 30.5 Å². The van der Waals surface area contributed by atoms with Crippen molar-refractivity contribution in [2.45, 2.75) is 6.92 Å². The first kappa shape index (κ1) is 19.4. The fourth-order valence-electron chi connectivity index (χ4n) is 3.84. The molecular formula is C22H22N8S. The topological polar surface area (TPSA) is 85.9 Å². The molecule has 8 nitrogen and oxygen atoms in total. The number of nitrogens with zero attached hydrogens (tertiary/aromatic N) is 6. The average Bonchev–Trinajstić information content (AvgIpc) is 3.34. The van der Waals surface area contributed by atoms with E-state index in [1.165, 1.54) is 10.9 Å². The number of nitrogens with one attached hydrogen (secondary N) is 2. The molecule has 156 valence electrons. The van der Waals surface area contributed by atoms with Gasteiger partial charge in [-0.1, -0.05) is 18.2 Å². The number of rotatable bonds is 3. The van der Waals surface area contributed by atoms with E-state index in [0.29, 0.717) is 5.82 Å². The number of benzene rings is 2. The highest BCUT2D eigenvalue weighted by molar-refractivity contribution is 7.80. The Kier molecular flexibility index (Phi) is 5.17. The Morgan fingerprint density at radius 3 is 2.55 bits per heavy atom. The number of thiocarbonyl (C=S) groups is 1. The van der Waals surface area contributed by atoms with Gasteiger partial charge in [0.25, 0.3) is 0 Å². The second-order valence-corrected chi connectivity index (χ2v) is 7.93. The summed E-state index contributed by atoms with van der Waals surface area (Å²) in [7, 11) is 0. The van der Waals surface area contributed by atoms with Gasteiger partial charge in [0.2, 0.25) is 5.82 Å². The molecule has 0 aliphatic carbocycles. The smallest absolute Gasteiger partial charge is 0.204 e. The van der Waals surface area contributed by atoms with Crippen LogP contribution in [0.2, 0.25) is 0 Å². The van der Waals surface area contributed by atoms with E-state index >= 15 is 0 Å². The minimum Gasteiger partial charge on any atom is -0.353 e. The van der Waals surface area contributed by atoms with Crippen LogP contribution in [0.15, 0.2) is 54.6 Å². The maximum absolute atomic E-state index is 5.65. The first-order valence-electron chi connectivity index (χ1n) is 10.2. The van der Waals surface area contributed by atoms with E-state index in [1.807, 2.05) is 30.3 Å². The van der Waals surface area contributed by atoms with Crippen LogP contribution in [0.5, 0.6) is 0 Å². The summed E-state index contributed by atoms with van der Waals surface area (Å²) in [4.78, 5) is 9.46. The van der Waals surface area contributed by atoms with Crippen molar-refractivity contribution in [2.75, 3.05) is 36.4 Å². The molecule has 0 radical (unpaired) electrons. The highest BCUT2D eigenvalue weighted by atomic mass is 32.1. The molecule has 0 amide bonds. The molecule has 2 aromatic heterocycles. The van der Waals surface area contributed by atoms with Crippen molar-refractivity contribution in [3.8, 4) is 11.4 Å². The van der Waals surface area contributed by atoms with Crippen LogP contribution in [-0.2, 0) is 0 Å². The van der Waals surface area contributed by atoms with Gasteiger partial charge in [0.15, 0.2) is 5.11 Å². The number of aromatic nitrogens is 5. The van der Waals surface area contributed by atoms with Crippen molar-refractivity contribution in [3.63, 3.8) is 0 Å². The lowest BCUT2D eigenvalue weighted by Crippen LogP contribution is -2.50. The Labute approximate surface area is 185 Å². The lowest BCUT2D eigenvalue weighted by Gasteiger charge is -2.37. The van der Waals surface area contributed by atoms with Crippen molar-refractivity contribution >= 4 is 39.7 Å². The van der Waals surface area contributed by atoms with E-state index in [1.54, 1.807) is 0 Å². The molecule has 1 aliphatic rings. The summed E-state index contributed by atoms with van der Waals surface area (Å²) in [6.07, 6.45) is 0. The Morgan fingerprint density at radius 2 is 1.81 bits per heavy atom. The van der Waals surface area contributed by atoms with Crippen LogP contribution in [0.1, 0.15) is 5.56 Å². The van der Waals surface area contributed by atoms with Crippen molar-refractivity contribution in [1.29, 1.82) is 0 Å². The highest BCUT2D eigenvalue weighted by Gasteiger charge is 2.21. The third-order valence-corrected chi connectivity index (χ3v) is 5.85. The van der Waals surface area contributed by atoms with E-state index in [9.17, 15) is 0 Å². The zero-order valence-corrected chi connectivity index (χ0v) is 17.9. The summed E-state index contributed by atoms with van der Waals surface area (Å²) < 4.78 is 0. The van der Waals surface area contributed by atoms with Gasteiger partial charge in [-0.2, -0.15) is 5.21 Å². The third-order valence-electron chi connectivity index (χ3n) is 5.49. The molecule has 2 N–H and O–H groups in total. The van der Waals surface area contributed by atoms with Gasteiger partial charge < -0.3 is 15.1 Å². The zero-order valence-electron chi connectivity index (χ0n) is 17.1. The molecule has 0 unspecified atom stereocenters. The van der Waals surface area contributed by atoms with Crippen LogP contribution < -0.4 is 10.2 Å². The largest absolute Gasteiger partial charge is 0.353 e. The molecule has 9 heteroatoms. The monoisotopic (exact) mass is 430 g/mol. The Balaban J connectivity index is 1.21. The quantitative estimate of drug-likeness (QED) is 0.479. The van der Waals surface area contributed by atoms with Crippen LogP contribution in [0.4, 0.5) is 11.5 Å². The van der Waals surface area contributed by atoms with Crippen LogP contribution in [0.3, 0.4) is 0 Å². The third kappa shape index (κ3) is 4.04. The van der Waals surface area contributed by atoms with Gasteiger partial charge >= 0.3 is 0 Å². The fourth-order valence-corrected chi connectivity index (χ4v) is 4.14. The number of para-hydroxylation sites is 1. The number of fused-ring (bicyclic) bond motifs is 1. The van der Waals surface area contributed by atoms with Gasteiger partial charge in [-0.15, -0.1) is 10.2 Å². The van der Waals surface area contributed by atoms with Crippen molar-refractivity contribution in [3.05, 3.63) is 60.2 Å². The second-order valence-electron chi connectivity index (χ2n) is 7.54. The highest BCUT2D eigenvalue weighted by Crippen LogP contribution is 2.24. The predicted octanol–water partition coefficient (Wildman–Crippen LogP) is 3.24. The number of anilines is 2. The molecule has 4 aromatic rings. The van der Waals surface area contributed by atoms with E-state index < -0.39 is 0 Å². The molecular weight excluding hydrogens is 408 g/mol. The molecule has 0 spiro atoms. The van der Waals surface area contributed by atoms with E-state index in [2.05, 4.69) is 66.9 Å². The van der Waals surface area contributed by atoms with E-state index in [4.69, 9.17) is 17.2 Å². The molecule has 5 rings (SSSR count). The SMILES string of the molecule is Cc1cc2ccccc2nc1N1CCN(C(=S)Nc2ccc(-c3nn[nH]n3)cc2)CC1. The first-order chi connectivity index (χ1) is 15.2. The van der Waals surface area contributed by atoms with E-state index in [-0.39, 0.29) is 0 Å². The molecule has 1 fully saturated rings. The predicted molar refractivity (Wildman–Crippen MR) is 126 cm³/mol. The molecule has 31 heavy (non-hydrogen) atoms. The number of pyridine rings is 1. The zero-order chi connectivity index (χ0) is 21.2. The normalized spacial score (nSPS) is 14.1. The Morgan fingerprint density at radius 1 is 1.03 bits per heavy atom. The lowest BCUT2D eigenvalue weighted by atomic mass is 10.1. The summed E-state index contributed by atoms with van der Waals surface area (Å²) in [5.41, 5.74) is 4.07. The second kappa shape index (κ2) is 8.27. The van der Waals surface area contributed by atoms with Gasteiger partial charge in [0.1, 0.15) is 5.82 Å². The average molecular weight is 431 g/mol. The number of H-pyrrole nitrogens is 1. The summed E-state index contributed by atoms with van der Waals surface area (Å²) in [5.74, 6) is 1.64. The molecule has 3 heterocycles. The standard InChI is InChI=1S/C22H22N8S/c1-15-14-17-4-2-3-5-19(17)24-21(15)29-10-12-30(13-11-29)22(31)23-18-8-6-16(7-9-18)20-25-27-28-26-20/h2-9,14H,10-13H2,1H3,(H,23,31)(H,25,26,27,28). The molecule has 2 aromatic carbocycles. The number of hydrogen-bond donors (Lipinski definition) is 2. The van der Waals surface area contributed by atoms with Crippen LogP contribution in [-0.4, -0.2) is 61.8 Å². The Hall–Kier alpha value is -3.59. The van der Waals surface area contributed by atoms with Gasteiger partial charge in [-0.3, -0.25) is 0 Å². The number of aromatic amines is 1. The van der Waals surface area contributed by atoms with Crippen LogP contribution in [0.25, 0.3) is 22.3 Å². The molecule has 0 saturated carbocycles. The number of tetrazole rings is 1. The number of aryl methyl sites for hydroxylation is 1. The first-order valence-corrected chi connectivity index (χ1v) is 10.6. The van der Waals surface area contributed by atoms with Crippen LogP contribution in [0, 0.1) is 6.92 Å². The molecule has 1 aliphatic heterocycles. The van der Waals surface area contributed by atoms with Gasteiger partial charge in [-0.25, -0.2) is 4.98 Å². The lowest BCUT2D eigenvalue weighted by molar-refractivity contribution is 0.389. The summed E-state index contributed by atoms with van der Waals surface area (Å²) in [6, 6.07) is 18.3. The van der Waals surface area contributed by atoms with Gasteiger partial charge in [0.05, 0.1) is 5.52 Å². The minimum absolute atomic E-state index is 0.572. The maximum atomic E-state index is 5.65. The number of hydrogen-bond acceptors (Lipinski definition) is 6. The van der Waals surface area contributed by atoms with Crippen molar-refractivity contribution in [2.24, 2.45) is 0 Å². The number of piperazine rings is 1. The minimum atomic E-state index is 0.572. The summed E-state index contributed by atoms with van der Waals surface area (Å²) in [5, 5.41) is 19.3. The Bertz CT molecular complexity index is 1200. The molecule has 1 saturated heterocycles. The van der Waals surface area contributed by atoms with Crippen LogP contribution >= 0.6 is 12.2 Å². The van der Waals surface area contributed by atoms with Gasteiger partial charge in [-0.05, 0) is 66.3 Å². The maximum Gasteiger partial charge on any atom is 0.204 e. The summed E-state index contributed by atoms with van der Waals surface area (Å²) >= 11 is 5.65. The molecule has 0 bridgehead atoms. The molecule has 0 atom stereocenters. The van der Waals surface area contributed by atoms with Gasteiger partial charge in [0, 0.05) is 42.8 Å². The fraction of sp³-hybridized carbons (Fsp3) is 0.227. The summed E-state index contributed by atoms with van der Waals surface area (Å²) in [6.45, 7) is 5.59. The van der Waals surface area contributed by atoms with Crippen molar-refractivity contribution < 1.29 is 0 Å². The van der Waals surface area contributed by atoms with E-state index in [0.717, 1.165) is 53.9 Å².